The van der Waals surface area contributed by atoms with Crippen LogP contribution in [0.4, 0.5) is 0 Å². The average molecular weight is 371 g/mol. The van der Waals surface area contributed by atoms with Crippen LogP contribution in [0.3, 0.4) is 0 Å². The number of carbonyl (C=O) groups is 1. The van der Waals surface area contributed by atoms with E-state index in [0.29, 0.717) is 35.3 Å². The highest BCUT2D eigenvalue weighted by Gasteiger charge is 2.30. The molecule has 9 heteroatoms. The monoisotopic (exact) mass is 370 g/mol. The second-order valence-corrected chi connectivity index (χ2v) is 6.34. The maximum absolute atomic E-state index is 12.8. The Labute approximate surface area is 151 Å². The first-order valence-electron chi connectivity index (χ1n) is 7.64. The molecule has 1 aliphatic heterocycles. The number of piperidine rings is 1. The molecule has 2 unspecified atom stereocenters. The summed E-state index contributed by atoms with van der Waals surface area (Å²) < 4.78 is 1.49. The number of aromatic nitrogens is 4. The smallest absolute Gasteiger partial charge is 0.255 e. The normalized spacial score (nSPS) is 20.5. The number of tetrazole rings is 1. The van der Waals surface area contributed by atoms with E-state index in [9.17, 15) is 4.79 Å². The number of nitrogens with two attached hydrogens (primary N) is 1. The second-order valence-electron chi connectivity index (χ2n) is 5.94. The van der Waals surface area contributed by atoms with E-state index < -0.39 is 0 Å². The molecule has 1 amide bonds. The van der Waals surface area contributed by atoms with Crippen LogP contribution in [0.15, 0.2) is 24.5 Å². The summed E-state index contributed by atoms with van der Waals surface area (Å²) in [4.78, 5) is 14.7. The van der Waals surface area contributed by atoms with Gasteiger partial charge in [-0.05, 0) is 47.4 Å². The molecule has 0 spiro atoms. The summed E-state index contributed by atoms with van der Waals surface area (Å²) in [6.07, 6.45) is 3.40. The Morgan fingerprint density at radius 2 is 2.25 bits per heavy atom. The van der Waals surface area contributed by atoms with Gasteiger partial charge in [-0.3, -0.25) is 4.79 Å². The molecule has 2 atom stereocenters. The van der Waals surface area contributed by atoms with E-state index in [1.54, 1.807) is 18.2 Å². The van der Waals surface area contributed by atoms with Crippen molar-refractivity contribution in [3.63, 3.8) is 0 Å². The van der Waals surface area contributed by atoms with Gasteiger partial charge in [0.25, 0.3) is 5.91 Å². The zero-order chi connectivity index (χ0) is 16.4. The summed E-state index contributed by atoms with van der Waals surface area (Å²) in [5.74, 6) is 0.519. The number of hydrogen-bond acceptors (Lipinski definition) is 5. The van der Waals surface area contributed by atoms with E-state index in [-0.39, 0.29) is 24.4 Å². The molecule has 1 aromatic heterocycles. The molecular formula is C15H20Cl2N6O. The van der Waals surface area contributed by atoms with Crippen molar-refractivity contribution in [1.82, 2.24) is 25.1 Å². The fourth-order valence-corrected chi connectivity index (χ4v) is 3.25. The molecule has 2 aromatic rings. The fraction of sp³-hybridized carbons (Fsp3) is 0.467. The third kappa shape index (κ3) is 3.68. The van der Waals surface area contributed by atoms with Crippen LogP contribution in [0, 0.1) is 5.92 Å². The molecule has 24 heavy (non-hydrogen) atoms. The van der Waals surface area contributed by atoms with E-state index in [1.165, 1.54) is 11.0 Å². The highest BCUT2D eigenvalue weighted by molar-refractivity contribution is 6.34. The Hall–Kier alpha value is -1.70. The molecule has 1 saturated heterocycles. The van der Waals surface area contributed by atoms with Gasteiger partial charge >= 0.3 is 0 Å². The molecule has 2 heterocycles. The molecule has 2 N–H and O–H groups in total. The molecule has 0 radical (unpaired) electrons. The fourth-order valence-electron chi connectivity index (χ4n) is 3.00. The Morgan fingerprint density at radius 3 is 2.88 bits per heavy atom. The molecule has 130 valence electrons. The first-order chi connectivity index (χ1) is 11.1. The minimum Gasteiger partial charge on any atom is -0.334 e. The molecule has 1 aromatic carbocycles. The van der Waals surface area contributed by atoms with Crippen molar-refractivity contribution < 1.29 is 4.79 Å². The van der Waals surface area contributed by atoms with Gasteiger partial charge in [-0.25, -0.2) is 4.68 Å². The zero-order valence-electron chi connectivity index (χ0n) is 13.3. The Kier molecular flexibility index (Phi) is 6.15. The van der Waals surface area contributed by atoms with E-state index in [0.717, 1.165) is 12.8 Å². The van der Waals surface area contributed by atoms with E-state index >= 15 is 0 Å². The lowest BCUT2D eigenvalue weighted by molar-refractivity contribution is 0.0574. The number of hydrogen-bond donors (Lipinski definition) is 1. The van der Waals surface area contributed by atoms with Gasteiger partial charge in [0, 0.05) is 19.1 Å². The van der Waals surface area contributed by atoms with Gasteiger partial charge in [-0.2, -0.15) is 0 Å². The SMILES string of the molecule is CC1CCN(C(=O)c2ccc(-n3cnnn3)cc2Cl)C(CN)C1.Cl. The van der Waals surface area contributed by atoms with Gasteiger partial charge in [-0.15, -0.1) is 17.5 Å². The lowest BCUT2D eigenvalue weighted by atomic mass is 9.92. The van der Waals surface area contributed by atoms with Crippen LogP contribution < -0.4 is 5.73 Å². The zero-order valence-corrected chi connectivity index (χ0v) is 14.9. The molecule has 0 bridgehead atoms. The maximum Gasteiger partial charge on any atom is 0.255 e. The highest BCUT2D eigenvalue weighted by Crippen LogP contribution is 2.27. The third-order valence-corrected chi connectivity index (χ3v) is 4.62. The van der Waals surface area contributed by atoms with Crippen molar-refractivity contribution in [2.75, 3.05) is 13.1 Å². The van der Waals surface area contributed by atoms with Crippen LogP contribution >= 0.6 is 24.0 Å². The number of rotatable bonds is 3. The van der Waals surface area contributed by atoms with Gasteiger partial charge in [0.05, 0.1) is 16.3 Å². The topological polar surface area (TPSA) is 89.9 Å². The minimum atomic E-state index is -0.0689. The van der Waals surface area contributed by atoms with E-state index in [1.807, 2.05) is 4.90 Å². The summed E-state index contributed by atoms with van der Waals surface area (Å²) in [7, 11) is 0. The van der Waals surface area contributed by atoms with Crippen molar-refractivity contribution in [2.24, 2.45) is 11.7 Å². The lowest BCUT2D eigenvalue weighted by Crippen LogP contribution is -2.49. The number of amides is 1. The lowest BCUT2D eigenvalue weighted by Gasteiger charge is -2.38. The van der Waals surface area contributed by atoms with Crippen molar-refractivity contribution in [1.29, 1.82) is 0 Å². The number of benzene rings is 1. The van der Waals surface area contributed by atoms with Crippen molar-refractivity contribution in [2.45, 2.75) is 25.8 Å². The van der Waals surface area contributed by atoms with Crippen LogP contribution in [0.2, 0.25) is 5.02 Å². The van der Waals surface area contributed by atoms with Crippen LogP contribution in [-0.4, -0.2) is 50.1 Å². The van der Waals surface area contributed by atoms with Crippen LogP contribution in [0.25, 0.3) is 5.69 Å². The van der Waals surface area contributed by atoms with Crippen molar-refractivity contribution in [3.05, 3.63) is 35.1 Å². The van der Waals surface area contributed by atoms with Crippen LogP contribution in [0.5, 0.6) is 0 Å². The molecule has 1 aliphatic rings. The molecule has 3 rings (SSSR count). The first kappa shape index (κ1) is 18.6. The molecular weight excluding hydrogens is 351 g/mol. The molecule has 0 saturated carbocycles. The third-order valence-electron chi connectivity index (χ3n) is 4.31. The van der Waals surface area contributed by atoms with Gasteiger partial charge in [-0.1, -0.05) is 18.5 Å². The van der Waals surface area contributed by atoms with Crippen LogP contribution in [0.1, 0.15) is 30.1 Å². The molecule has 7 nitrogen and oxygen atoms in total. The Morgan fingerprint density at radius 1 is 1.46 bits per heavy atom. The first-order valence-corrected chi connectivity index (χ1v) is 8.02. The molecule has 0 aliphatic carbocycles. The van der Waals surface area contributed by atoms with Gasteiger partial charge in [0.2, 0.25) is 0 Å². The summed E-state index contributed by atoms with van der Waals surface area (Å²) in [5, 5.41) is 11.4. The summed E-state index contributed by atoms with van der Waals surface area (Å²) in [6, 6.07) is 5.25. The van der Waals surface area contributed by atoms with Crippen LogP contribution in [-0.2, 0) is 0 Å². The predicted molar refractivity (Wildman–Crippen MR) is 93.7 cm³/mol. The van der Waals surface area contributed by atoms with Gasteiger partial charge in [0.1, 0.15) is 6.33 Å². The summed E-state index contributed by atoms with van der Waals surface area (Å²) in [5.41, 5.74) is 7.04. The average Bonchev–Trinajstić information content (AvgIpc) is 3.08. The van der Waals surface area contributed by atoms with Crippen molar-refractivity contribution in [3.8, 4) is 5.69 Å². The predicted octanol–water partition coefficient (Wildman–Crippen LogP) is 1.94. The van der Waals surface area contributed by atoms with E-state index in [2.05, 4.69) is 22.4 Å². The quantitative estimate of drug-likeness (QED) is 0.891. The number of nitrogens with zero attached hydrogens (tertiary/aromatic N) is 5. The number of carbonyl (C=O) groups excluding carboxylic acids is 1. The summed E-state index contributed by atoms with van der Waals surface area (Å²) >= 11 is 6.32. The van der Waals surface area contributed by atoms with Crippen molar-refractivity contribution >= 4 is 29.9 Å². The second kappa shape index (κ2) is 7.92. The van der Waals surface area contributed by atoms with E-state index in [4.69, 9.17) is 17.3 Å². The number of halogens is 2. The standard InChI is InChI=1S/C15H19ClN6O.ClH/c1-10-4-5-21(12(6-10)8-17)15(23)13-3-2-11(7-14(13)16)22-9-18-19-20-22;/h2-3,7,9-10,12H,4-6,8,17H2,1H3;1H. The maximum atomic E-state index is 12.8. The Balaban J connectivity index is 0.00000208. The molecule has 1 fully saturated rings. The largest absolute Gasteiger partial charge is 0.334 e. The van der Waals surface area contributed by atoms with Gasteiger partial charge < -0.3 is 10.6 Å². The Bertz CT molecular complexity index is 693. The highest BCUT2D eigenvalue weighted by atomic mass is 35.5. The number of likely N-dealkylation sites (tertiary alicyclic amines) is 1. The minimum absolute atomic E-state index is 0. The van der Waals surface area contributed by atoms with Gasteiger partial charge in [0.15, 0.2) is 0 Å². The summed E-state index contributed by atoms with van der Waals surface area (Å²) in [6.45, 7) is 3.38.